The standard InChI is InChI=1S/C23H21N5O3S2/c1-14-4-2-7-19(26-14)21-23(32-22(28-21)15-8-9-15)31-17-10-11-25-20(13-17)27-16-5-3-6-18(12-16)33(24,29)30/h2-7,10-13,15H,8-9H2,1H3,(H,25,27)(H2,24,29,30). The van der Waals surface area contributed by atoms with Gasteiger partial charge in [0, 0.05) is 29.6 Å². The van der Waals surface area contributed by atoms with Gasteiger partial charge in [0.15, 0.2) is 0 Å². The van der Waals surface area contributed by atoms with E-state index >= 15 is 0 Å². The van der Waals surface area contributed by atoms with E-state index in [0.29, 0.717) is 28.2 Å². The minimum Gasteiger partial charge on any atom is -0.444 e. The van der Waals surface area contributed by atoms with Crippen molar-refractivity contribution in [2.75, 3.05) is 5.32 Å². The highest BCUT2D eigenvalue weighted by Crippen LogP contribution is 2.47. The Labute approximate surface area is 195 Å². The number of primary sulfonamides is 1. The number of ether oxygens (including phenoxy) is 1. The van der Waals surface area contributed by atoms with E-state index < -0.39 is 10.0 Å². The van der Waals surface area contributed by atoms with Crippen LogP contribution in [0.2, 0.25) is 0 Å². The zero-order valence-electron chi connectivity index (χ0n) is 17.7. The molecule has 1 fully saturated rings. The van der Waals surface area contributed by atoms with Crippen molar-refractivity contribution in [1.82, 2.24) is 15.0 Å². The predicted molar refractivity (Wildman–Crippen MR) is 127 cm³/mol. The second-order valence-electron chi connectivity index (χ2n) is 7.80. The number of sulfonamides is 1. The van der Waals surface area contributed by atoms with Crippen LogP contribution in [0.3, 0.4) is 0 Å². The number of hydrogen-bond acceptors (Lipinski definition) is 8. The molecule has 0 amide bonds. The summed E-state index contributed by atoms with van der Waals surface area (Å²) >= 11 is 1.55. The van der Waals surface area contributed by atoms with Crippen molar-refractivity contribution >= 4 is 32.9 Å². The Balaban J connectivity index is 1.42. The first-order valence-electron chi connectivity index (χ1n) is 10.3. The van der Waals surface area contributed by atoms with Gasteiger partial charge in [-0.3, -0.25) is 4.98 Å². The van der Waals surface area contributed by atoms with Gasteiger partial charge in [0.2, 0.25) is 15.1 Å². The smallest absolute Gasteiger partial charge is 0.238 e. The summed E-state index contributed by atoms with van der Waals surface area (Å²) in [6, 6.07) is 15.6. The predicted octanol–water partition coefficient (Wildman–Crippen LogP) is 4.97. The summed E-state index contributed by atoms with van der Waals surface area (Å²) in [6.45, 7) is 1.95. The molecule has 8 nitrogen and oxygen atoms in total. The van der Waals surface area contributed by atoms with Gasteiger partial charge < -0.3 is 10.1 Å². The van der Waals surface area contributed by atoms with Crippen LogP contribution in [0.5, 0.6) is 10.8 Å². The summed E-state index contributed by atoms with van der Waals surface area (Å²) in [5.74, 6) is 1.58. The van der Waals surface area contributed by atoms with Gasteiger partial charge >= 0.3 is 0 Å². The van der Waals surface area contributed by atoms with Gasteiger partial charge in [-0.1, -0.05) is 23.5 Å². The molecule has 0 radical (unpaired) electrons. The molecule has 0 bridgehead atoms. The summed E-state index contributed by atoms with van der Waals surface area (Å²) < 4.78 is 29.5. The van der Waals surface area contributed by atoms with Crippen molar-refractivity contribution in [2.45, 2.75) is 30.6 Å². The molecule has 3 heterocycles. The first-order chi connectivity index (χ1) is 15.8. The third-order valence-electron chi connectivity index (χ3n) is 5.05. The molecular weight excluding hydrogens is 458 g/mol. The second kappa shape index (κ2) is 8.54. The number of anilines is 2. The minimum absolute atomic E-state index is 0.0208. The highest BCUT2D eigenvalue weighted by Gasteiger charge is 2.29. The van der Waals surface area contributed by atoms with Crippen molar-refractivity contribution in [1.29, 1.82) is 0 Å². The lowest BCUT2D eigenvalue weighted by Crippen LogP contribution is -2.12. The molecule has 168 valence electrons. The van der Waals surface area contributed by atoms with Crippen LogP contribution in [0.25, 0.3) is 11.4 Å². The molecule has 1 saturated carbocycles. The van der Waals surface area contributed by atoms with Crippen LogP contribution in [-0.2, 0) is 10.0 Å². The fourth-order valence-electron chi connectivity index (χ4n) is 3.28. The van der Waals surface area contributed by atoms with Gasteiger partial charge in [0.25, 0.3) is 0 Å². The highest BCUT2D eigenvalue weighted by molar-refractivity contribution is 7.89. The molecule has 0 atom stereocenters. The number of rotatable bonds is 7. The average molecular weight is 480 g/mol. The number of nitrogens with two attached hydrogens (primary N) is 1. The van der Waals surface area contributed by atoms with Crippen molar-refractivity contribution in [3.8, 4) is 22.2 Å². The zero-order chi connectivity index (χ0) is 23.0. The molecule has 3 aromatic heterocycles. The molecule has 3 N–H and O–H groups in total. The van der Waals surface area contributed by atoms with Crippen LogP contribution in [0.15, 0.2) is 65.7 Å². The third kappa shape index (κ3) is 5.03. The van der Waals surface area contributed by atoms with E-state index in [1.807, 2.05) is 25.1 Å². The highest BCUT2D eigenvalue weighted by atomic mass is 32.2. The quantitative estimate of drug-likeness (QED) is 0.384. The molecule has 4 aromatic rings. The summed E-state index contributed by atoms with van der Waals surface area (Å²) in [7, 11) is -3.80. The van der Waals surface area contributed by atoms with E-state index in [0.717, 1.165) is 34.9 Å². The Bertz CT molecular complexity index is 1430. The Morgan fingerprint density at radius 1 is 1.09 bits per heavy atom. The number of thiazole rings is 1. The Morgan fingerprint density at radius 3 is 2.67 bits per heavy atom. The van der Waals surface area contributed by atoms with E-state index in [-0.39, 0.29) is 4.90 Å². The zero-order valence-corrected chi connectivity index (χ0v) is 19.4. The van der Waals surface area contributed by atoms with Crippen LogP contribution in [-0.4, -0.2) is 23.4 Å². The number of hydrogen-bond donors (Lipinski definition) is 2. The summed E-state index contributed by atoms with van der Waals surface area (Å²) in [5.41, 5.74) is 2.97. The van der Waals surface area contributed by atoms with E-state index in [1.54, 1.807) is 41.8 Å². The lowest BCUT2D eigenvalue weighted by Gasteiger charge is -2.09. The topological polar surface area (TPSA) is 120 Å². The van der Waals surface area contributed by atoms with Crippen LogP contribution < -0.4 is 15.2 Å². The fourth-order valence-corrected chi connectivity index (χ4v) is 4.96. The maximum Gasteiger partial charge on any atom is 0.238 e. The normalized spacial score (nSPS) is 13.6. The maximum atomic E-state index is 11.6. The summed E-state index contributed by atoms with van der Waals surface area (Å²) in [4.78, 5) is 13.8. The van der Waals surface area contributed by atoms with Crippen LogP contribution >= 0.6 is 11.3 Å². The van der Waals surface area contributed by atoms with Gasteiger partial charge in [-0.15, -0.1) is 0 Å². The van der Waals surface area contributed by atoms with E-state index in [9.17, 15) is 8.42 Å². The first kappa shape index (κ1) is 21.5. The Hall–Kier alpha value is -3.34. The van der Waals surface area contributed by atoms with Crippen molar-refractivity contribution in [3.05, 3.63) is 71.5 Å². The van der Waals surface area contributed by atoms with E-state index in [1.165, 1.54) is 12.1 Å². The number of pyridine rings is 2. The van der Waals surface area contributed by atoms with Crippen molar-refractivity contribution in [3.63, 3.8) is 0 Å². The third-order valence-corrected chi connectivity index (χ3v) is 7.05. The van der Waals surface area contributed by atoms with Crippen LogP contribution in [0, 0.1) is 6.92 Å². The largest absolute Gasteiger partial charge is 0.444 e. The monoisotopic (exact) mass is 479 g/mol. The molecule has 0 saturated heterocycles. The van der Waals surface area contributed by atoms with E-state index in [4.69, 9.17) is 14.9 Å². The van der Waals surface area contributed by atoms with Crippen LogP contribution in [0.1, 0.15) is 29.5 Å². The molecule has 5 rings (SSSR count). The number of nitrogens with zero attached hydrogens (tertiary/aromatic N) is 3. The molecule has 10 heteroatoms. The fraction of sp³-hybridized carbons (Fsp3) is 0.174. The van der Waals surface area contributed by atoms with Gasteiger partial charge in [0.05, 0.1) is 10.6 Å². The Kier molecular flexibility index (Phi) is 5.57. The molecule has 0 aliphatic heterocycles. The lowest BCUT2D eigenvalue weighted by molar-refractivity contribution is 0.496. The number of benzene rings is 1. The molecule has 1 aromatic carbocycles. The second-order valence-corrected chi connectivity index (χ2v) is 10.4. The lowest BCUT2D eigenvalue weighted by atomic mass is 10.2. The van der Waals surface area contributed by atoms with E-state index in [2.05, 4.69) is 15.3 Å². The first-order valence-corrected chi connectivity index (χ1v) is 12.7. The summed E-state index contributed by atoms with van der Waals surface area (Å²) in [6.07, 6.45) is 3.91. The van der Waals surface area contributed by atoms with Crippen molar-refractivity contribution < 1.29 is 13.2 Å². The molecule has 1 aliphatic rings. The number of aromatic nitrogens is 3. The Morgan fingerprint density at radius 2 is 1.91 bits per heavy atom. The summed E-state index contributed by atoms with van der Waals surface area (Å²) in [5, 5.41) is 10.1. The molecule has 1 aliphatic carbocycles. The van der Waals surface area contributed by atoms with Gasteiger partial charge in [-0.2, -0.15) is 0 Å². The molecular formula is C23H21N5O3S2. The molecule has 33 heavy (non-hydrogen) atoms. The molecule has 0 unspecified atom stereocenters. The van der Waals surface area contributed by atoms with Gasteiger partial charge in [-0.25, -0.2) is 23.5 Å². The maximum absolute atomic E-state index is 11.6. The minimum atomic E-state index is -3.80. The van der Waals surface area contributed by atoms with Gasteiger partial charge in [0.1, 0.15) is 22.3 Å². The molecule has 0 spiro atoms. The SMILES string of the molecule is Cc1cccc(-c2nc(C3CC3)sc2Oc2ccnc(Nc3cccc(S(N)(=O)=O)c3)c2)n1. The number of nitrogens with one attached hydrogen (secondary N) is 1. The van der Waals surface area contributed by atoms with Crippen molar-refractivity contribution in [2.24, 2.45) is 5.14 Å². The van der Waals surface area contributed by atoms with Crippen LogP contribution in [0.4, 0.5) is 11.5 Å². The number of aryl methyl sites for hydroxylation is 1. The average Bonchev–Trinajstić information content (AvgIpc) is 3.54. The van der Waals surface area contributed by atoms with Gasteiger partial charge in [-0.05, 0) is 56.2 Å².